The summed E-state index contributed by atoms with van der Waals surface area (Å²) < 4.78 is 5.34. The third-order valence-electron chi connectivity index (χ3n) is 2.93. The van der Waals surface area contributed by atoms with Crippen LogP contribution in [0, 0.1) is 11.3 Å². The van der Waals surface area contributed by atoms with Crippen LogP contribution in [0.15, 0.2) is 24.3 Å². The van der Waals surface area contributed by atoms with Crippen LogP contribution in [0.25, 0.3) is 0 Å². The Labute approximate surface area is 121 Å². The third kappa shape index (κ3) is 4.93. The number of hydrogen-bond donors (Lipinski definition) is 0. The zero-order valence-electron chi connectivity index (χ0n) is 12.8. The number of benzene rings is 1. The van der Waals surface area contributed by atoms with E-state index in [1.54, 1.807) is 18.0 Å². The highest BCUT2D eigenvalue weighted by atomic mass is 16.6. The monoisotopic (exact) mass is 274 g/mol. The number of carbonyl (C=O) groups is 1. The maximum absolute atomic E-state index is 12.0. The molecule has 1 rings (SSSR count). The Morgan fingerprint density at radius 1 is 1.45 bits per heavy atom. The van der Waals surface area contributed by atoms with Crippen LogP contribution < -0.4 is 0 Å². The molecule has 4 nitrogen and oxygen atoms in total. The number of likely N-dealkylation sites (N-methyl/N-ethyl adjacent to an activating group) is 1. The van der Waals surface area contributed by atoms with Crippen molar-refractivity contribution in [2.45, 2.75) is 45.8 Å². The van der Waals surface area contributed by atoms with Gasteiger partial charge in [0.25, 0.3) is 0 Å². The lowest BCUT2D eigenvalue weighted by atomic mass is 10.0. The second-order valence-electron chi connectivity index (χ2n) is 5.96. The average molecular weight is 274 g/mol. The molecule has 108 valence electrons. The molecule has 0 saturated heterocycles. The molecule has 1 atom stereocenters. The molecule has 1 aromatic carbocycles. The van der Waals surface area contributed by atoms with Crippen LogP contribution in [0.4, 0.5) is 4.79 Å². The Morgan fingerprint density at radius 2 is 2.10 bits per heavy atom. The zero-order chi connectivity index (χ0) is 15.3. The first-order valence-corrected chi connectivity index (χ1v) is 6.68. The molecule has 0 aliphatic rings. The Bertz CT molecular complexity index is 512. The molecule has 0 heterocycles. The minimum atomic E-state index is -0.494. The highest BCUT2D eigenvalue weighted by Crippen LogP contribution is 2.14. The summed E-state index contributed by atoms with van der Waals surface area (Å²) in [6.07, 6.45) is 0.354. The molecule has 4 heteroatoms. The first kappa shape index (κ1) is 16.0. The van der Waals surface area contributed by atoms with Crippen LogP contribution in [-0.2, 0) is 11.2 Å². The van der Waals surface area contributed by atoms with Crippen molar-refractivity contribution in [3.63, 3.8) is 0 Å². The standard InChI is InChI=1S/C16H22N2O2/c1-12(18(5)15(19)20-16(2,3)4)9-13-7-6-8-14(10-13)11-17/h6-8,10,12H,9H2,1-5H3. The predicted octanol–water partition coefficient (Wildman–Crippen LogP) is 3.36. The van der Waals surface area contributed by atoms with Crippen molar-refractivity contribution in [3.8, 4) is 6.07 Å². The van der Waals surface area contributed by atoms with Crippen molar-refractivity contribution in [1.82, 2.24) is 4.90 Å². The van der Waals surface area contributed by atoms with Crippen LogP contribution in [0.1, 0.15) is 38.8 Å². The molecule has 1 aromatic rings. The van der Waals surface area contributed by atoms with E-state index in [0.717, 1.165) is 5.56 Å². The minimum Gasteiger partial charge on any atom is -0.444 e. The molecule has 0 bridgehead atoms. The maximum Gasteiger partial charge on any atom is 0.410 e. The van der Waals surface area contributed by atoms with Crippen LogP contribution in [0.3, 0.4) is 0 Å². The summed E-state index contributed by atoms with van der Waals surface area (Å²) in [5.74, 6) is 0. The maximum atomic E-state index is 12.0. The number of nitriles is 1. The minimum absolute atomic E-state index is 0.00112. The molecule has 0 fully saturated rings. The number of carbonyl (C=O) groups excluding carboxylic acids is 1. The normalized spacial score (nSPS) is 12.4. The molecule has 0 radical (unpaired) electrons. The van der Waals surface area contributed by atoms with Crippen LogP contribution in [0.2, 0.25) is 0 Å². The van der Waals surface area contributed by atoms with Gasteiger partial charge in [-0.1, -0.05) is 12.1 Å². The highest BCUT2D eigenvalue weighted by Gasteiger charge is 2.22. The Balaban J connectivity index is 2.68. The van der Waals surface area contributed by atoms with E-state index in [9.17, 15) is 4.79 Å². The molecule has 1 amide bonds. The van der Waals surface area contributed by atoms with Gasteiger partial charge in [-0.2, -0.15) is 5.26 Å². The summed E-state index contributed by atoms with van der Waals surface area (Å²) in [6, 6.07) is 9.55. The number of ether oxygens (including phenoxy) is 1. The third-order valence-corrected chi connectivity index (χ3v) is 2.93. The molecule has 1 unspecified atom stereocenters. The molecule has 0 aliphatic heterocycles. The predicted molar refractivity (Wildman–Crippen MR) is 78.3 cm³/mol. The van der Waals surface area contributed by atoms with Gasteiger partial charge in [0.1, 0.15) is 5.60 Å². The smallest absolute Gasteiger partial charge is 0.410 e. The topological polar surface area (TPSA) is 53.3 Å². The lowest BCUT2D eigenvalue weighted by molar-refractivity contribution is 0.0236. The number of amides is 1. The van der Waals surface area contributed by atoms with Gasteiger partial charge in [0, 0.05) is 13.1 Å². The zero-order valence-corrected chi connectivity index (χ0v) is 12.8. The average Bonchev–Trinajstić information content (AvgIpc) is 2.36. The molecule has 0 aromatic heterocycles. The fourth-order valence-corrected chi connectivity index (χ4v) is 1.76. The van der Waals surface area contributed by atoms with Gasteiger partial charge in [-0.15, -0.1) is 0 Å². The van der Waals surface area contributed by atoms with Gasteiger partial charge >= 0.3 is 6.09 Å². The first-order chi connectivity index (χ1) is 9.23. The Kier molecular flexibility index (Phi) is 5.15. The van der Waals surface area contributed by atoms with Crippen molar-refractivity contribution in [2.24, 2.45) is 0 Å². The lowest BCUT2D eigenvalue weighted by Gasteiger charge is -2.28. The molecule has 0 aliphatic carbocycles. The van der Waals surface area contributed by atoms with E-state index < -0.39 is 5.60 Å². The first-order valence-electron chi connectivity index (χ1n) is 6.68. The van der Waals surface area contributed by atoms with Gasteiger partial charge in [0.05, 0.1) is 11.6 Å². The van der Waals surface area contributed by atoms with E-state index in [1.807, 2.05) is 45.9 Å². The number of rotatable bonds is 3. The summed E-state index contributed by atoms with van der Waals surface area (Å²) in [4.78, 5) is 13.6. The van der Waals surface area contributed by atoms with Gasteiger partial charge in [0.15, 0.2) is 0 Å². The van der Waals surface area contributed by atoms with Crippen molar-refractivity contribution < 1.29 is 9.53 Å². The molecule has 0 saturated carbocycles. The molecule has 0 spiro atoms. The van der Waals surface area contributed by atoms with Crippen LogP contribution in [0.5, 0.6) is 0 Å². The Morgan fingerprint density at radius 3 is 2.65 bits per heavy atom. The van der Waals surface area contributed by atoms with E-state index in [0.29, 0.717) is 12.0 Å². The van der Waals surface area contributed by atoms with E-state index in [-0.39, 0.29) is 12.1 Å². The van der Waals surface area contributed by atoms with Gasteiger partial charge < -0.3 is 9.64 Å². The largest absolute Gasteiger partial charge is 0.444 e. The lowest BCUT2D eigenvalue weighted by Crippen LogP contribution is -2.40. The van der Waals surface area contributed by atoms with Gasteiger partial charge in [0.2, 0.25) is 0 Å². The van der Waals surface area contributed by atoms with Crippen molar-refractivity contribution in [1.29, 1.82) is 5.26 Å². The van der Waals surface area contributed by atoms with E-state index in [1.165, 1.54) is 0 Å². The fourth-order valence-electron chi connectivity index (χ4n) is 1.76. The van der Waals surface area contributed by atoms with Gasteiger partial charge in [-0.05, 0) is 51.8 Å². The number of hydrogen-bond acceptors (Lipinski definition) is 3. The second-order valence-corrected chi connectivity index (χ2v) is 5.96. The fraction of sp³-hybridized carbons (Fsp3) is 0.500. The molecule has 20 heavy (non-hydrogen) atoms. The highest BCUT2D eigenvalue weighted by molar-refractivity contribution is 5.68. The summed E-state index contributed by atoms with van der Waals surface area (Å²) in [5.41, 5.74) is 1.17. The van der Waals surface area contributed by atoms with Crippen LogP contribution in [-0.4, -0.2) is 29.7 Å². The van der Waals surface area contributed by atoms with E-state index >= 15 is 0 Å². The number of nitrogens with zero attached hydrogens (tertiary/aromatic N) is 2. The van der Waals surface area contributed by atoms with Gasteiger partial charge in [-0.3, -0.25) is 0 Å². The van der Waals surface area contributed by atoms with Gasteiger partial charge in [-0.25, -0.2) is 4.79 Å². The molecular weight excluding hydrogens is 252 g/mol. The Hall–Kier alpha value is -2.02. The summed E-state index contributed by atoms with van der Waals surface area (Å²) in [5, 5.41) is 8.89. The summed E-state index contributed by atoms with van der Waals surface area (Å²) in [7, 11) is 1.73. The van der Waals surface area contributed by atoms with E-state index in [4.69, 9.17) is 10.00 Å². The summed E-state index contributed by atoms with van der Waals surface area (Å²) in [6.45, 7) is 7.50. The van der Waals surface area contributed by atoms with Crippen molar-refractivity contribution >= 4 is 6.09 Å². The van der Waals surface area contributed by atoms with Crippen LogP contribution >= 0.6 is 0 Å². The summed E-state index contributed by atoms with van der Waals surface area (Å²) >= 11 is 0. The molecule has 0 N–H and O–H groups in total. The second kappa shape index (κ2) is 6.42. The SMILES string of the molecule is CC(Cc1cccc(C#N)c1)N(C)C(=O)OC(C)(C)C. The van der Waals surface area contributed by atoms with E-state index in [2.05, 4.69) is 6.07 Å². The van der Waals surface area contributed by atoms with Crippen molar-refractivity contribution in [3.05, 3.63) is 35.4 Å². The quantitative estimate of drug-likeness (QED) is 0.849. The van der Waals surface area contributed by atoms with Crippen molar-refractivity contribution in [2.75, 3.05) is 7.05 Å². The molecular formula is C16H22N2O2.